The third-order valence-corrected chi connectivity index (χ3v) is 3.38. The molecule has 1 rings (SSSR count). The molecule has 1 N–H and O–H groups in total. The Kier molecular flexibility index (Phi) is 9.73. The first-order valence-electron chi connectivity index (χ1n) is 8.26. The predicted octanol–water partition coefficient (Wildman–Crippen LogP) is 1.60. The Bertz CT molecular complexity index is 786. The lowest BCUT2D eigenvalue weighted by atomic mass is 10.1. The van der Waals surface area contributed by atoms with Crippen LogP contribution < -0.4 is 10.1 Å². The third-order valence-electron chi connectivity index (χ3n) is 3.38. The van der Waals surface area contributed by atoms with Gasteiger partial charge in [0.25, 0.3) is 5.91 Å². The van der Waals surface area contributed by atoms with Crippen LogP contribution >= 0.6 is 0 Å². The van der Waals surface area contributed by atoms with E-state index in [1.165, 1.54) is 28.4 Å². The van der Waals surface area contributed by atoms with E-state index in [2.05, 4.69) is 25.8 Å². The van der Waals surface area contributed by atoms with Crippen molar-refractivity contribution in [3.63, 3.8) is 0 Å². The molecule has 1 aromatic rings. The highest BCUT2D eigenvalue weighted by atomic mass is 16.6. The number of rotatable bonds is 10. The zero-order valence-corrected chi connectivity index (χ0v) is 16.8. The van der Waals surface area contributed by atoms with Gasteiger partial charge in [-0.05, 0) is 26.0 Å². The normalized spacial score (nSPS) is 13.1. The molecule has 0 aliphatic rings. The Morgan fingerprint density at radius 1 is 0.964 bits per heavy atom. The summed E-state index contributed by atoms with van der Waals surface area (Å²) in [5, 5.41) is 14.0. The Morgan fingerprint density at radius 3 is 2.21 bits per heavy atom. The van der Waals surface area contributed by atoms with Crippen LogP contribution in [0.5, 0.6) is 5.75 Å². The van der Waals surface area contributed by atoms with Crippen LogP contribution in [-0.2, 0) is 19.3 Å². The molecular formula is C18H25N5O5. The number of amides is 1. The van der Waals surface area contributed by atoms with E-state index in [1.807, 2.05) is 0 Å². The maximum absolute atomic E-state index is 12.1. The van der Waals surface area contributed by atoms with E-state index in [-0.39, 0.29) is 12.4 Å². The van der Waals surface area contributed by atoms with E-state index in [0.717, 1.165) is 0 Å². The Balaban J connectivity index is 3.06. The number of hydrogen-bond donors (Lipinski definition) is 1. The van der Waals surface area contributed by atoms with Crippen LogP contribution in [0, 0.1) is 0 Å². The number of benzene rings is 1. The average molecular weight is 391 g/mol. The fourth-order valence-electron chi connectivity index (χ4n) is 2.15. The van der Waals surface area contributed by atoms with E-state index >= 15 is 0 Å². The van der Waals surface area contributed by atoms with Gasteiger partial charge in [-0.2, -0.15) is 0 Å². The van der Waals surface area contributed by atoms with Crippen LogP contribution in [0.2, 0.25) is 0 Å². The molecular weight excluding hydrogens is 366 g/mol. The number of nitrogens with one attached hydrogen (secondary N) is 1. The third kappa shape index (κ3) is 6.38. The zero-order chi connectivity index (χ0) is 20.9. The molecule has 10 nitrogen and oxygen atoms in total. The minimum atomic E-state index is -0.404. The molecule has 0 radical (unpaired) electrons. The molecule has 10 heteroatoms. The first kappa shape index (κ1) is 22.6. The summed E-state index contributed by atoms with van der Waals surface area (Å²) in [5.74, 6) is 0.0180. The number of oxime groups is 3. The molecule has 0 saturated heterocycles. The van der Waals surface area contributed by atoms with E-state index in [4.69, 9.17) is 19.2 Å². The minimum Gasteiger partial charge on any atom is -0.471 e. The Morgan fingerprint density at radius 2 is 1.61 bits per heavy atom. The van der Waals surface area contributed by atoms with Crippen molar-refractivity contribution >= 4 is 28.8 Å². The van der Waals surface area contributed by atoms with Gasteiger partial charge in [-0.15, -0.1) is 0 Å². The van der Waals surface area contributed by atoms with Gasteiger partial charge in [0.15, 0.2) is 12.4 Å². The van der Waals surface area contributed by atoms with Crippen molar-refractivity contribution in [1.29, 1.82) is 0 Å². The molecule has 0 spiro atoms. The lowest BCUT2D eigenvalue weighted by Gasteiger charge is -2.11. The van der Waals surface area contributed by atoms with Gasteiger partial charge in [-0.1, -0.05) is 27.6 Å². The molecule has 0 aliphatic heterocycles. The molecule has 0 fully saturated rings. The van der Waals surface area contributed by atoms with Gasteiger partial charge in [0.05, 0.1) is 11.3 Å². The van der Waals surface area contributed by atoms with Crippen molar-refractivity contribution in [1.82, 2.24) is 5.32 Å². The Labute approximate surface area is 163 Å². The van der Waals surface area contributed by atoms with Gasteiger partial charge < -0.3 is 24.6 Å². The molecule has 1 aromatic carbocycles. The van der Waals surface area contributed by atoms with E-state index in [1.54, 1.807) is 38.1 Å². The molecule has 152 valence electrons. The number of carbonyl (C=O) groups excluding carboxylic acids is 1. The largest absolute Gasteiger partial charge is 0.471 e. The van der Waals surface area contributed by atoms with E-state index < -0.39 is 5.91 Å². The topological polar surface area (TPSA) is 115 Å². The van der Waals surface area contributed by atoms with Crippen LogP contribution in [-0.4, -0.2) is 63.9 Å². The molecule has 1 amide bonds. The highest BCUT2D eigenvalue weighted by molar-refractivity contribution is 6.67. The SMILES string of the molecule is CNC(=O)/C(=N/OC)c1ccccc1OC/N=C(C)/C(=N/OC)C(/C)=N\OC. The number of hydrogen-bond acceptors (Lipinski definition) is 9. The summed E-state index contributed by atoms with van der Waals surface area (Å²) in [6.07, 6.45) is 0. The second-order valence-corrected chi connectivity index (χ2v) is 5.20. The molecule has 0 aliphatic carbocycles. The molecule has 0 bridgehead atoms. The highest BCUT2D eigenvalue weighted by Crippen LogP contribution is 2.19. The van der Waals surface area contributed by atoms with Crippen LogP contribution in [0.25, 0.3) is 0 Å². The zero-order valence-electron chi connectivity index (χ0n) is 16.8. The van der Waals surface area contributed by atoms with Crippen molar-refractivity contribution in [2.75, 3.05) is 35.1 Å². The number of nitrogens with zero attached hydrogens (tertiary/aromatic N) is 4. The van der Waals surface area contributed by atoms with Gasteiger partial charge >= 0.3 is 0 Å². The van der Waals surface area contributed by atoms with Crippen LogP contribution in [0.1, 0.15) is 19.4 Å². The first-order valence-corrected chi connectivity index (χ1v) is 8.26. The number of likely N-dealkylation sites (N-methyl/N-ethyl adjacent to an activating group) is 1. The first-order chi connectivity index (χ1) is 13.5. The quantitative estimate of drug-likeness (QED) is 0.480. The molecule has 0 unspecified atom stereocenters. The average Bonchev–Trinajstić information content (AvgIpc) is 2.70. The summed E-state index contributed by atoms with van der Waals surface area (Å²) >= 11 is 0. The summed E-state index contributed by atoms with van der Waals surface area (Å²) in [7, 11) is 5.73. The standard InChI is InChI=1S/C18H25N5O5/c1-12(16(22-26-5)13(2)21-25-4)20-11-28-15-10-8-7-9-14(15)17(23-27-6)18(24)19-3/h7-10H,11H2,1-6H3,(H,19,24)/b20-12+,21-13-,22-16-,23-17+. The van der Waals surface area contributed by atoms with Gasteiger partial charge in [-0.3, -0.25) is 4.79 Å². The van der Waals surface area contributed by atoms with E-state index in [0.29, 0.717) is 28.4 Å². The lowest BCUT2D eigenvalue weighted by Crippen LogP contribution is -2.29. The van der Waals surface area contributed by atoms with Crippen LogP contribution in [0.3, 0.4) is 0 Å². The number of para-hydroxylation sites is 1. The fourth-order valence-corrected chi connectivity index (χ4v) is 2.15. The van der Waals surface area contributed by atoms with Crippen molar-refractivity contribution in [2.24, 2.45) is 20.5 Å². The minimum absolute atomic E-state index is 0.0279. The van der Waals surface area contributed by atoms with Crippen LogP contribution in [0.4, 0.5) is 0 Å². The summed E-state index contributed by atoms with van der Waals surface area (Å²) in [6, 6.07) is 6.94. The fraction of sp³-hybridized carbons (Fsp3) is 0.389. The molecule has 0 saturated carbocycles. The van der Waals surface area contributed by atoms with Gasteiger partial charge in [-0.25, -0.2) is 4.99 Å². The summed E-state index contributed by atoms with van der Waals surface area (Å²) in [6.45, 7) is 3.43. The summed E-state index contributed by atoms with van der Waals surface area (Å²) in [4.78, 5) is 30.8. The Hall–Kier alpha value is -3.43. The van der Waals surface area contributed by atoms with Gasteiger partial charge in [0, 0.05) is 7.05 Å². The van der Waals surface area contributed by atoms with Crippen molar-refractivity contribution < 1.29 is 24.0 Å². The highest BCUT2D eigenvalue weighted by Gasteiger charge is 2.18. The smallest absolute Gasteiger partial charge is 0.273 e. The van der Waals surface area contributed by atoms with Crippen LogP contribution in [0.15, 0.2) is 44.7 Å². The second-order valence-electron chi connectivity index (χ2n) is 5.20. The van der Waals surface area contributed by atoms with Crippen molar-refractivity contribution in [3.05, 3.63) is 29.8 Å². The lowest BCUT2D eigenvalue weighted by molar-refractivity contribution is -0.114. The second kappa shape index (κ2) is 12.0. The van der Waals surface area contributed by atoms with Crippen molar-refractivity contribution in [2.45, 2.75) is 13.8 Å². The maximum atomic E-state index is 12.1. The maximum Gasteiger partial charge on any atom is 0.273 e. The van der Waals surface area contributed by atoms with Crippen molar-refractivity contribution in [3.8, 4) is 5.75 Å². The number of carbonyl (C=O) groups is 1. The molecule has 0 atom stereocenters. The predicted molar refractivity (Wildman–Crippen MR) is 107 cm³/mol. The summed E-state index contributed by atoms with van der Waals surface area (Å²) < 4.78 is 5.73. The van der Waals surface area contributed by atoms with E-state index in [9.17, 15) is 4.79 Å². The summed E-state index contributed by atoms with van der Waals surface area (Å²) in [5.41, 5.74) is 2.02. The van der Waals surface area contributed by atoms with Gasteiger partial charge in [0.2, 0.25) is 0 Å². The molecule has 0 heterocycles. The molecule has 0 aromatic heterocycles. The monoisotopic (exact) mass is 391 g/mol. The molecule has 28 heavy (non-hydrogen) atoms. The number of aliphatic imine (C=N–C) groups is 1. The number of ether oxygens (including phenoxy) is 1. The van der Waals surface area contributed by atoms with Gasteiger partial charge in [0.1, 0.15) is 38.5 Å².